The van der Waals surface area contributed by atoms with Gasteiger partial charge in [-0.1, -0.05) is 6.07 Å². The molecule has 11 heteroatoms. The Morgan fingerprint density at radius 2 is 2.07 bits per heavy atom. The first-order chi connectivity index (χ1) is 13.3. The second kappa shape index (κ2) is 7.82. The quantitative estimate of drug-likeness (QED) is 0.424. The average Bonchev–Trinajstić information content (AvgIpc) is 3.15. The Kier molecular flexibility index (Phi) is 5.47. The standard InChI is InChI=1S/C17H17N5O5S/c1-20(2)8-10-9-28-17(18-10)19-13(23)6-7-21-15(24)11-4-3-5-12(22(26)27)14(11)16(21)25/h3-5,9H,6-8H2,1-2H3,(H,18,19,23). The van der Waals surface area contributed by atoms with Crippen LogP contribution in [-0.4, -0.2) is 58.1 Å². The van der Waals surface area contributed by atoms with Crippen molar-refractivity contribution < 1.29 is 19.3 Å². The maximum absolute atomic E-state index is 12.5. The van der Waals surface area contributed by atoms with E-state index < -0.39 is 28.3 Å². The lowest BCUT2D eigenvalue weighted by Gasteiger charge is -2.12. The van der Waals surface area contributed by atoms with Crippen LogP contribution in [0.15, 0.2) is 23.6 Å². The van der Waals surface area contributed by atoms with Crippen molar-refractivity contribution in [3.05, 3.63) is 50.5 Å². The fraction of sp³-hybridized carbons (Fsp3) is 0.294. The molecule has 0 unspecified atom stereocenters. The number of carbonyl (C=O) groups is 3. The molecule has 2 heterocycles. The van der Waals surface area contributed by atoms with Crippen molar-refractivity contribution in [3.63, 3.8) is 0 Å². The van der Waals surface area contributed by atoms with Crippen molar-refractivity contribution in [3.8, 4) is 0 Å². The number of hydrogen-bond donors (Lipinski definition) is 1. The molecule has 0 saturated heterocycles. The Balaban J connectivity index is 1.63. The summed E-state index contributed by atoms with van der Waals surface area (Å²) in [5.74, 6) is -1.81. The van der Waals surface area contributed by atoms with Crippen molar-refractivity contribution >= 4 is 39.9 Å². The molecular formula is C17H17N5O5S. The second-order valence-corrected chi connectivity index (χ2v) is 7.26. The number of nitrogens with one attached hydrogen (secondary N) is 1. The molecule has 1 aliphatic rings. The van der Waals surface area contributed by atoms with Crippen LogP contribution in [0, 0.1) is 10.1 Å². The number of fused-ring (bicyclic) bond motifs is 1. The van der Waals surface area contributed by atoms with Gasteiger partial charge in [0.2, 0.25) is 5.91 Å². The van der Waals surface area contributed by atoms with E-state index in [-0.39, 0.29) is 24.1 Å². The van der Waals surface area contributed by atoms with Crippen molar-refractivity contribution in [1.82, 2.24) is 14.8 Å². The van der Waals surface area contributed by atoms with Crippen LogP contribution in [0.2, 0.25) is 0 Å². The fourth-order valence-corrected chi connectivity index (χ4v) is 3.54. The minimum Gasteiger partial charge on any atom is -0.304 e. The largest absolute Gasteiger partial charge is 0.304 e. The molecule has 0 spiro atoms. The van der Waals surface area contributed by atoms with Gasteiger partial charge in [-0.25, -0.2) is 4.98 Å². The number of benzene rings is 1. The zero-order chi connectivity index (χ0) is 20.4. The molecule has 1 aromatic heterocycles. The molecule has 0 bridgehead atoms. The van der Waals surface area contributed by atoms with E-state index >= 15 is 0 Å². The van der Waals surface area contributed by atoms with E-state index in [1.165, 1.54) is 29.5 Å². The predicted octanol–water partition coefficient (Wildman–Crippen LogP) is 1.74. The number of rotatable bonds is 7. The molecule has 0 saturated carbocycles. The maximum Gasteiger partial charge on any atom is 0.282 e. The average molecular weight is 403 g/mol. The summed E-state index contributed by atoms with van der Waals surface area (Å²) < 4.78 is 0. The molecule has 3 amide bonds. The normalized spacial score (nSPS) is 13.2. The second-order valence-electron chi connectivity index (χ2n) is 6.40. The third-order valence-corrected chi connectivity index (χ3v) is 4.82. The van der Waals surface area contributed by atoms with Crippen LogP contribution >= 0.6 is 11.3 Å². The molecule has 2 aromatic rings. The molecule has 1 aromatic carbocycles. The molecular weight excluding hydrogens is 386 g/mol. The van der Waals surface area contributed by atoms with E-state index in [9.17, 15) is 24.5 Å². The number of hydrogen-bond acceptors (Lipinski definition) is 8. The van der Waals surface area contributed by atoms with Crippen LogP contribution in [0.4, 0.5) is 10.8 Å². The van der Waals surface area contributed by atoms with Gasteiger partial charge in [0, 0.05) is 31.0 Å². The lowest BCUT2D eigenvalue weighted by Crippen LogP contribution is -2.33. The summed E-state index contributed by atoms with van der Waals surface area (Å²) in [6, 6.07) is 3.89. The molecule has 28 heavy (non-hydrogen) atoms. The Labute approximate surface area is 163 Å². The number of nitrogens with zero attached hydrogens (tertiary/aromatic N) is 4. The van der Waals surface area contributed by atoms with E-state index in [2.05, 4.69) is 10.3 Å². The van der Waals surface area contributed by atoms with E-state index in [0.717, 1.165) is 10.6 Å². The third kappa shape index (κ3) is 3.89. The first-order valence-corrected chi connectivity index (χ1v) is 9.18. The van der Waals surface area contributed by atoms with Gasteiger partial charge in [-0.3, -0.25) is 29.4 Å². The molecule has 10 nitrogen and oxygen atoms in total. The van der Waals surface area contributed by atoms with Gasteiger partial charge in [-0.15, -0.1) is 11.3 Å². The zero-order valence-corrected chi connectivity index (χ0v) is 16.0. The van der Waals surface area contributed by atoms with Gasteiger partial charge in [-0.2, -0.15) is 0 Å². The van der Waals surface area contributed by atoms with Gasteiger partial charge in [0.1, 0.15) is 5.56 Å². The van der Waals surface area contributed by atoms with Crippen LogP contribution in [-0.2, 0) is 11.3 Å². The molecule has 0 atom stereocenters. The van der Waals surface area contributed by atoms with Gasteiger partial charge in [0.25, 0.3) is 17.5 Å². The zero-order valence-electron chi connectivity index (χ0n) is 15.2. The minimum atomic E-state index is -0.761. The highest BCUT2D eigenvalue weighted by atomic mass is 32.1. The Morgan fingerprint density at radius 1 is 1.32 bits per heavy atom. The predicted molar refractivity (Wildman–Crippen MR) is 101 cm³/mol. The molecule has 0 fully saturated rings. The number of nitro benzene ring substituents is 1. The SMILES string of the molecule is CN(C)Cc1csc(NC(=O)CCN2C(=O)c3cccc([N+](=O)[O-])c3C2=O)n1. The Bertz CT molecular complexity index is 971. The monoisotopic (exact) mass is 403 g/mol. The molecule has 3 rings (SSSR count). The molecule has 1 aliphatic heterocycles. The van der Waals surface area contributed by atoms with Crippen LogP contribution in [0.1, 0.15) is 32.8 Å². The van der Waals surface area contributed by atoms with Gasteiger partial charge in [-0.05, 0) is 20.2 Å². The van der Waals surface area contributed by atoms with Gasteiger partial charge < -0.3 is 10.2 Å². The smallest absolute Gasteiger partial charge is 0.282 e. The number of nitro groups is 1. The van der Waals surface area contributed by atoms with Crippen LogP contribution in [0.3, 0.4) is 0 Å². The number of thiazole rings is 1. The topological polar surface area (TPSA) is 126 Å². The Hall–Kier alpha value is -3.18. The molecule has 0 radical (unpaired) electrons. The summed E-state index contributed by atoms with van der Waals surface area (Å²) in [5, 5.41) is 16.0. The highest BCUT2D eigenvalue weighted by Gasteiger charge is 2.40. The van der Waals surface area contributed by atoms with Crippen LogP contribution < -0.4 is 5.32 Å². The van der Waals surface area contributed by atoms with E-state index in [4.69, 9.17) is 0 Å². The first-order valence-electron chi connectivity index (χ1n) is 8.30. The summed E-state index contributed by atoms with van der Waals surface area (Å²) in [6.07, 6.45) is -0.137. The van der Waals surface area contributed by atoms with E-state index in [0.29, 0.717) is 11.7 Å². The summed E-state index contributed by atoms with van der Waals surface area (Å²) in [4.78, 5) is 54.5. The summed E-state index contributed by atoms with van der Waals surface area (Å²) >= 11 is 1.28. The first kappa shape index (κ1) is 19.6. The van der Waals surface area contributed by atoms with Crippen molar-refractivity contribution in [2.45, 2.75) is 13.0 Å². The number of aromatic nitrogens is 1. The van der Waals surface area contributed by atoms with Crippen LogP contribution in [0.25, 0.3) is 0 Å². The number of amides is 3. The molecule has 0 aliphatic carbocycles. The summed E-state index contributed by atoms with van der Waals surface area (Å²) in [7, 11) is 3.81. The lowest BCUT2D eigenvalue weighted by molar-refractivity contribution is -0.385. The molecule has 146 valence electrons. The molecule has 1 N–H and O–H groups in total. The number of anilines is 1. The lowest BCUT2D eigenvalue weighted by atomic mass is 10.1. The third-order valence-electron chi connectivity index (χ3n) is 4.01. The highest BCUT2D eigenvalue weighted by Crippen LogP contribution is 2.30. The van der Waals surface area contributed by atoms with Crippen molar-refractivity contribution in [1.29, 1.82) is 0 Å². The maximum atomic E-state index is 12.5. The fourth-order valence-electron chi connectivity index (χ4n) is 2.83. The van der Waals surface area contributed by atoms with E-state index in [1.54, 1.807) is 0 Å². The van der Waals surface area contributed by atoms with Gasteiger partial charge in [0.15, 0.2) is 5.13 Å². The number of carbonyl (C=O) groups excluding carboxylic acids is 3. The summed E-state index contributed by atoms with van der Waals surface area (Å²) in [5.41, 5.74) is 0.149. The Morgan fingerprint density at radius 3 is 2.75 bits per heavy atom. The number of imide groups is 1. The van der Waals surface area contributed by atoms with Crippen molar-refractivity contribution in [2.75, 3.05) is 26.0 Å². The van der Waals surface area contributed by atoms with Crippen molar-refractivity contribution in [2.24, 2.45) is 0 Å². The van der Waals surface area contributed by atoms with E-state index in [1.807, 2.05) is 24.4 Å². The minimum absolute atomic E-state index is 0.0205. The van der Waals surface area contributed by atoms with Crippen LogP contribution in [0.5, 0.6) is 0 Å². The summed E-state index contributed by atoms with van der Waals surface area (Å²) in [6.45, 7) is 0.464. The highest BCUT2D eigenvalue weighted by molar-refractivity contribution is 7.13. The van der Waals surface area contributed by atoms with Gasteiger partial charge in [0.05, 0.1) is 16.2 Å². The van der Waals surface area contributed by atoms with Gasteiger partial charge >= 0.3 is 0 Å².